The number of rotatable bonds is 8. The van der Waals surface area contributed by atoms with Crippen LogP contribution < -0.4 is 15.8 Å². The average molecular weight is 280 g/mol. The molecule has 0 radical (unpaired) electrons. The van der Waals surface area contributed by atoms with Crippen molar-refractivity contribution >= 4 is 17.6 Å². The summed E-state index contributed by atoms with van der Waals surface area (Å²) >= 11 is 0. The van der Waals surface area contributed by atoms with Crippen LogP contribution in [0.1, 0.15) is 26.2 Å². The topological polar surface area (TPSA) is 102 Å². The number of para-hydroxylation sites is 2. The molecule has 0 saturated carbocycles. The van der Waals surface area contributed by atoms with Gasteiger partial charge in [0.05, 0.1) is 5.69 Å². The van der Waals surface area contributed by atoms with Crippen LogP contribution in [0.15, 0.2) is 24.3 Å². The summed E-state index contributed by atoms with van der Waals surface area (Å²) in [6.45, 7) is 1.45. The van der Waals surface area contributed by atoms with E-state index in [0.29, 0.717) is 24.3 Å². The molecule has 0 aliphatic carbocycles. The lowest BCUT2D eigenvalue weighted by Gasteiger charge is -2.11. The van der Waals surface area contributed by atoms with Crippen molar-refractivity contribution in [3.63, 3.8) is 0 Å². The lowest BCUT2D eigenvalue weighted by molar-refractivity contribution is -0.139. The van der Waals surface area contributed by atoms with Crippen molar-refractivity contribution in [2.75, 3.05) is 11.9 Å². The van der Waals surface area contributed by atoms with Crippen LogP contribution in [0.4, 0.5) is 5.69 Å². The molecule has 0 aliphatic heterocycles. The molecule has 110 valence electrons. The molecule has 20 heavy (non-hydrogen) atoms. The molecule has 1 amide bonds. The van der Waals surface area contributed by atoms with Gasteiger partial charge in [-0.25, -0.2) is 4.79 Å². The monoisotopic (exact) mass is 280 g/mol. The second-order valence-electron chi connectivity index (χ2n) is 4.60. The number of ether oxygens (including phenoxy) is 1. The van der Waals surface area contributed by atoms with Gasteiger partial charge in [0.25, 0.3) is 0 Å². The molecule has 0 spiro atoms. The normalized spacial score (nSPS) is 11.7. The molecule has 0 saturated heterocycles. The van der Waals surface area contributed by atoms with Gasteiger partial charge in [0, 0.05) is 12.5 Å². The van der Waals surface area contributed by atoms with Crippen LogP contribution >= 0.6 is 0 Å². The van der Waals surface area contributed by atoms with E-state index in [0.717, 1.165) is 6.42 Å². The van der Waals surface area contributed by atoms with E-state index in [-0.39, 0.29) is 11.9 Å². The first kappa shape index (κ1) is 16.0. The molecule has 0 fully saturated rings. The number of hydrogen-bond donors (Lipinski definition) is 3. The molecule has 0 aliphatic rings. The van der Waals surface area contributed by atoms with E-state index >= 15 is 0 Å². The number of nitrogens with two attached hydrogens (primary N) is 1. The Hall–Kier alpha value is -2.08. The summed E-state index contributed by atoms with van der Waals surface area (Å²) in [6.07, 6.45) is 1.86. The summed E-state index contributed by atoms with van der Waals surface area (Å²) in [5.41, 5.74) is 6.09. The SMILES string of the molecule is CC(N)CCCC(=O)Nc1ccccc1OCC(=O)O. The van der Waals surface area contributed by atoms with Gasteiger partial charge < -0.3 is 20.9 Å². The van der Waals surface area contributed by atoms with Crippen molar-refractivity contribution in [2.45, 2.75) is 32.2 Å². The number of benzene rings is 1. The first-order valence-corrected chi connectivity index (χ1v) is 6.48. The Kier molecular flexibility index (Phi) is 6.52. The first-order chi connectivity index (χ1) is 9.49. The molecular formula is C14H20N2O4. The third kappa shape index (κ3) is 6.19. The van der Waals surface area contributed by atoms with Crippen molar-refractivity contribution in [1.82, 2.24) is 0 Å². The minimum atomic E-state index is -1.07. The zero-order valence-corrected chi connectivity index (χ0v) is 11.5. The van der Waals surface area contributed by atoms with E-state index in [1.54, 1.807) is 24.3 Å². The standard InChI is InChI=1S/C14H20N2O4/c1-10(15)5-4-8-13(17)16-11-6-2-3-7-12(11)20-9-14(18)19/h2-3,6-7,10H,4-5,8-9,15H2,1H3,(H,16,17)(H,18,19). The fourth-order valence-electron chi connectivity index (χ4n) is 1.63. The summed E-state index contributed by atoms with van der Waals surface area (Å²) in [6, 6.07) is 6.81. The van der Waals surface area contributed by atoms with Crippen LogP contribution in [0.3, 0.4) is 0 Å². The molecule has 1 atom stereocenters. The number of carbonyl (C=O) groups is 2. The molecular weight excluding hydrogens is 260 g/mol. The fourth-order valence-corrected chi connectivity index (χ4v) is 1.63. The highest BCUT2D eigenvalue weighted by molar-refractivity contribution is 5.92. The summed E-state index contributed by atoms with van der Waals surface area (Å²) in [5.74, 6) is -0.865. The first-order valence-electron chi connectivity index (χ1n) is 6.48. The van der Waals surface area contributed by atoms with Gasteiger partial charge >= 0.3 is 5.97 Å². The largest absolute Gasteiger partial charge is 0.480 e. The minimum Gasteiger partial charge on any atom is -0.480 e. The van der Waals surface area contributed by atoms with Crippen molar-refractivity contribution in [1.29, 1.82) is 0 Å². The molecule has 4 N–H and O–H groups in total. The Morgan fingerprint density at radius 2 is 2.10 bits per heavy atom. The molecule has 0 heterocycles. The number of hydrogen-bond acceptors (Lipinski definition) is 4. The Balaban J connectivity index is 2.53. The van der Waals surface area contributed by atoms with Crippen LogP contribution in [0.2, 0.25) is 0 Å². The average Bonchev–Trinajstić information content (AvgIpc) is 2.37. The summed E-state index contributed by atoms with van der Waals surface area (Å²) in [4.78, 5) is 22.2. The zero-order valence-electron chi connectivity index (χ0n) is 11.5. The van der Waals surface area contributed by atoms with Gasteiger partial charge in [0.1, 0.15) is 5.75 Å². The van der Waals surface area contributed by atoms with Crippen molar-refractivity contribution in [2.24, 2.45) is 5.73 Å². The third-order valence-corrected chi connectivity index (χ3v) is 2.58. The van der Waals surface area contributed by atoms with Gasteiger partial charge in [-0.3, -0.25) is 4.79 Å². The highest BCUT2D eigenvalue weighted by Gasteiger charge is 2.09. The lowest BCUT2D eigenvalue weighted by atomic mass is 10.1. The predicted molar refractivity (Wildman–Crippen MR) is 75.7 cm³/mol. The number of amides is 1. The molecule has 6 heteroatoms. The van der Waals surface area contributed by atoms with Gasteiger partial charge in [0.2, 0.25) is 5.91 Å². The number of carboxylic acid groups (broad SMARTS) is 1. The zero-order chi connectivity index (χ0) is 15.0. The quantitative estimate of drug-likeness (QED) is 0.671. The van der Waals surface area contributed by atoms with Crippen molar-refractivity contribution in [3.05, 3.63) is 24.3 Å². The minimum absolute atomic E-state index is 0.0778. The smallest absolute Gasteiger partial charge is 0.341 e. The fraction of sp³-hybridized carbons (Fsp3) is 0.429. The number of nitrogens with one attached hydrogen (secondary N) is 1. The summed E-state index contributed by atoms with van der Waals surface area (Å²) < 4.78 is 5.11. The van der Waals surface area contributed by atoms with Crippen LogP contribution in [-0.2, 0) is 9.59 Å². The molecule has 1 aromatic carbocycles. The van der Waals surface area contributed by atoms with Gasteiger partial charge in [0.15, 0.2) is 6.61 Å². The van der Waals surface area contributed by atoms with Crippen LogP contribution in [0.25, 0.3) is 0 Å². The van der Waals surface area contributed by atoms with E-state index in [9.17, 15) is 9.59 Å². The number of anilines is 1. The second kappa shape index (κ2) is 8.16. The third-order valence-electron chi connectivity index (χ3n) is 2.58. The van der Waals surface area contributed by atoms with Gasteiger partial charge in [-0.2, -0.15) is 0 Å². The maximum Gasteiger partial charge on any atom is 0.341 e. The van der Waals surface area contributed by atoms with Crippen LogP contribution in [0.5, 0.6) is 5.75 Å². The molecule has 6 nitrogen and oxygen atoms in total. The highest BCUT2D eigenvalue weighted by atomic mass is 16.5. The van der Waals surface area contributed by atoms with Crippen molar-refractivity contribution < 1.29 is 19.4 Å². The Labute approximate surface area is 117 Å². The van der Waals surface area contributed by atoms with E-state index in [1.165, 1.54) is 0 Å². The van der Waals surface area contributed by atoms with E-state index in [2.05, 4.69) is 5.32 Å². The summed E-state index contributed by atoms with van der Waals surface area (Å²) in [7, 11) is 0. The highest BCUT2D eigenvalue weighted by Crippen LogP contribution is 2.23. The maximum atomic E-state index is 11.8. The number of carbonyl (C=O) groups excluding carboxylic acids is 1. The number of carboxylic acids is 1. The molecule has 1 aromatic rings. The Bertz CT molecular complexity index is 460. The molecule has 0 bridgehead atoms. The van der Waals surface area contributed by atoms with Crippen LogP contribution in [0, 0.1) is 0 Å². The van der Waals surface area contributed by atoms with Gasteiger partial charge in [-0.05, 0) is 31.9 Å². The predicted octanol–water partition coefficient (Wildman–Crippen LogP) is 1.61. The summed E-state index contributed by atoms with van der Waals surface area (Å²) in [5, 5.41) is 11.3. The Morgan fingerprint density at radius 1 is 1.40 bits per heavy atom. The van der Waals surface area contributed by atoms with E-state index < -0.39 is 12.6 Å². The molecule has 1 unspecified atom stereocenters. The maximum absolute atomic E-state index is 11.8. The molecule has 1 rings (SSSR count). The van der Waals surface area contributed by atoms with E-state index in [4.69, 9.17) is 15.6 Å². The van der Waals surface area contributed by atoms with Gasteiger partial charge in [-0.1, -0.05) is 12.1 Å². The molecule has 0 aromatic heterocycles. The van der Waals surface area contributed by atoms with Crippen LogP contribution in [-0.4, -0.2) is 29.6 Å². The van der Waals surface area contributed by atoms with E-state index in [1.807, 2.05) is 6.92 Å². The second-order valence-corrected chi connectivity index (χ2v) is 4.60. The van der Waals surface area contributed by atoms with Gasteiger partial charge in [-0.15, -0.1) is 0 Å². The Morgan fingerprint density at radius 3 is 2.75 bits per heavy atom. The van der Waals surface area contributed by atoms with Crippen molar-refractivity contribution in [3.8, 4) is 5.75 Å². The lowest BCUT2D eigenvalue weighted by Crippen LogP contribution is -2.17. The number of aliphatic carboxylic acids is 1.